The van der Waals surface area contributed by atoms with Crippen LogP contribution in [0.1, 0.15) is 35.1 Å². The largest absolute Gasteiger partial charge is 0.496 e. The molecule has 5 rings (SSSR count). The third-order valence-corrected chi connectivity index (χ3v) is 7.48. The number of carbonyl (C=O) groups is 4. The van der Waals surface area contributed by atoms with Crippen molar-refractivity contribution < 1.29 is 23.9 Å². The molecule has 35 heavy (non-hydrogen) atoms. The van der Waals surface area contributed by atoms with Gasteiger partial charge in [0.1, 0.15) is 11.3 Å². The summed E-state index contributed by atoms with van der Waals surface area (Å²) in [5.41, 5.74) is 7.83. The molecule has 2 aromatic carbocycles. The fraction of sp³-hybridized carbons (Fsp3) is 0.385. The lowest BCUT2D eigenvalue weighted by Crippen LogP contribution is -2.53. The highest BCUT2D eigenvalue weighted by atomic mass is 16.5. The zero-order valence-corrected chi connectivity index (χ0v) is 19.9. The summed E-state index contributed by atoms with van der Waals surface area (Å²) in [6, 6.07) is 10.5. The van der Waals surface area contributed by atoms with Crippen LogP contribution in [0.15, 0.2) is 36.4 Å². The Morgan fingerprint density at radius 3 is 2.60 bits per heavy atom. The van der Waals surface area contributed by atoms with E-state index in [1.165, 1.54) is 12.0 Å². The predicted molar refractivity (Wildman–Crippen MR) is 127 cm³/mol. The van der Waals surface area contributed by atoms with E-state index in [1.54, 1.807) is 12.1 Å². The first kappa shape index (κ1) is 23.0. The Balaban J connectivity index is 1.61. The molecule has 9 nitrogen and oxygen atoms in total. The number of amides is 4. The van der Waals surface area contributed by atoms with Gasteiger partial charge in [-0.1, -0.05) is 35.9 Å². The van der Waals surface area contributed by atoms with Crippen LogP contribution < -0.4 is 21.1 Å². The summed E-state index contributed by atoms with van der Waals surface area (Å²) in [6.45, 7) is 3.86. The summed E-state index contributed by atoms with van der Waals surface area (Å²) in [4.78, 5) is 54.0. The third kappa shape index (κ3) is 3.33. The molecule has 9 heteroatoms. The van der Waals surface area contributed by atoms with E-state index >= 15 is 0 Å². The molecule has 2 saturated heterocycles. The normalized spacial score (nSPS) is 26.8. The van der Waals surface area contributed by atoms with Gasteiger partial charge >= 0.3 is 0 Å². The number of nitrogens with one attached hydrogen (secondary N) is 2. The number of carbonyl (C=O) groups excluding carboxylic acids is 4. The van der Waals surface area contributed by atoms with Gasteiger partial charge in [-0.15, -0.1) is 0 Å². The predicted octanol–water partition coefficient (Wildman–Crippen LogP) is 1.50. The molecule has 182 valence electrons. The van der Waals surface area contributed by atoms with Crippen molar-refractivity contribution in [3.05, 3.63) is 58.7 Å². The van der Waals surface area contributed by atoms with Crippen molar-refractivity contribution in [3.8, 4) is 5.75 Å². The number of hydrogen-bond acceptors (Lipinski definition) is 6. The molecule has 4 N–H and O–H groups in total. The number of anilines is 1. The number of rotatable bonds is 6. The Morgan fingerprint density at radius 1 is 1.14 bits per heavy atom. The average Bonchev–Trinajstić information content (AvgIpc) is 3.39. The highest BCUT2D eigenvalue weighted by Gasteiger charge is 2.70. The molecule has 4 atom stereocenters. The summed E-state index contributed by atoms with van der Waals surface area (Å²) < 4.78 is 5.41. The molecule has 3 aliphatic rings. The van der Waals surface area contributed by atoms with Crippen LogP contribution in [0.3, 0.4) is 0 Å². The van der Waals surface area contributed by atoms with E-state index in [9.17, 15) is 19.2 Å². The van der Waals surface area contributed by atoms with Crippen LogP contribution in [-0.2, 0) is 31.3 Å². The minimum absolute atomic E-state index is 0.0340. The number of benzene rings is 2. The number of ether oxygens (including phenoxy) is 1. The molecule has 0 aromatic heterocycles. The van der Waals surface area contributed by atoms with Crippen molar-refractivity contribution in [2.75, 3.05) is 12.4 Å². The topological polar surface area (TPSA) is 131 Å². The summed E-state index contributed by atoms with van der Waals surface area (Å²) in [5, 5.41) is 6.29. The van der Waals surface area contributed by atoms with Crippen LogP contribution in [0.5, 0.6) is 5.75 Å². The van der Waals surface area contributed by atoms with Crippen LogP contribution in [0, 0.1) is 25.7 Å². The van der Waals surface area contributed by atoms with E-state index < -0.39 is 35.2 Å². The number of aryl methyl sites for hydroxylation is 2. The van der Waals surface area contributed by atoms with Gasteiger partial charge in [0.2, 0.25) is 23.6 Å². The lowest BCUT2D eigenvalue weighted by atomic mass is 9.75. The van der Waals surface area contributed by atoms with Gasteiger partial charge in [0, 0.05) is 29.3 Å². The molecule has 2 aromatic rings. The van der Waals surface area contributed by atoms with Gasteiger partial charge in [0.25, 0.3) is 0 Å². The zero-order valence-electron chi connectivity index (χ0n) is 19.9. The number of para-hydroxylation sites is 1. The molecular formula is C26H28N4O5. The molecule has 2 fully saturated rings. The monoisotopic (exact) mass is 476 g/mol. The Labute approximate surface area is 203 Å². The van der Waals surface area contributed by atoms with Gasteiger partial charge in [-0.2, -0.15) is 0 Å². The van der Waals surface area contributed by atoms with Crippen LogP contribution in [0.25, 0.3) is 0 Å². The number of nitrogens with zero attached hydrogens (tertiary/aromatic N) is 1. The number of methoxy groups -OCH3 is 1. The molecule has 0 bridgehead atoms. The van der Waals surface area contributed by atoms with Crippen molar-refractivity contribution in [2.24, 2.45) is 17.6 Å². The summed E-state index contributed by atoms with van der Waals surface area (Å²) >= 11 is 0. The van der Waals surface area contributed by atoms with Crippen LogP contribution in [0.2, 0.25) is 0 Å². The molecule has 1 spiro atoms. The fourth-order valence-electron chi connectivity index (χ4n) is 6.02. The maximum atomic E-state index is 13.9. The number of likely N-dealkylation sites (tertiary alicyclic amines) is 1. The quantitative estimate of drug-likeness (QED) is 0.542. The first-order valence-corrected chi connectivity index (χ1v) is 11.6. The van der Waals surface area contributed by atoms with E-state index in [2.05, 4.69) is 10.6 Å². The SMILES string of the molecule is COc1ccccc1CN1C(=O)[C@@H]2[C@H](CCC(N)=O)N[C@@]3(C(=O)Nc4c(C)cc(C)cc43)[C@H]2C1=O. The van der Waals surface area contributed by atoms with Crippen molar-refractivity contribution in [2.45, 2.75) is 44.8 Å². The summed E-state index contributed by atoms with van der Waals surface area (Å²) in [7, 11) is 1.53. The highest BCUT2D eigenvalue weighted by Crippen LogP contribution is 2.54. The molecule has 3 heterocycles. The van der Waals surface area contributed by atoms with Gasteiger partial charge in [0.15, 0.2) is 0 Å². The van der Waals surface area contributed by atoms with E-state index in [0.717, 1.165) is 11.1 Å². The summed E-state index contributed by atoms with van der Waals surface area (Å²) in [5.74, 6) is -2.82. The minimum Gasteiger partial charge on any atom is -0.496 e. The second kappa shape index (κ2) is 8.20. The lowest BCUT2D eigenvalue weighted by molar-refractivity contribution is -0.143. The highest BCUT2D eigenvalue weighted by molar-refractivity contribution is 6.15. The average molecular weight is 477 g/mol. The van der Waals surface area contributed by atoms with Gasteiger partial charge in [-0.05, 0) is 31.9 Å². The second-order valence-corrected chi connectivity index (χ2v) is 9.60. The lowest BCUT2D eigenvalue weighted by Gasteiger charge is -2.30. The standard InChI is InChI=1S/C26H28N4O5/c1-13-10-14(2)22-16(11-13)26(25(34)28-22)21-20(17(29-26)8-9-19(27)31)23(32)30(24(21)33)12-15-6-4-5-7-18(15)35-3/h4-7,10-11,17,20-21,29H,8-9,12H2,1-3H3,(H2,27,31)(H,28,34)/t17-,20+,21+,26+/m0/s1. The van der Waals surface area contributed by atoms with Gasteiger partial charge in [-0.25, -0.2) is 0 Å². The maximum Gasteiger partial charge on any atom is 0.250 e. The second-order valence-electron chi connectivity index (χ2n) is 9.60. The van der Waals surface area contributed by atoms with Gasteiger partial charge in [0.05, 0.1) is 25.5 Å². The summed E-state index contributed by atoms with van der Waals surface area (Å²) in [6.07, 6.45) is 0.277. The molecule has 0 unspecified atom stereocenters. The van der Waals surface area contributed by atoms with E-state index in [4.69, 9.17) is 10.5 Å². The van der Waals surface area contributed by atoms with Crippen LogP contribution in [-0.4, -0.2) is 41.7 Å². The zero-order chi connectivity index (χ0) is 25.1. The number of imide groups is 1. The third-order valence-electron chi connectivity index (χ3n) is 7.48. The van der Waals surface area contributed by atoms with Crippen LogP contribution >= 0.6 is 0 Å². The molecule has 0 radical (unpaired) electrons. The van der Waals surface area contributed by atoms with E-state index in [1.807, 2.05) is 38.1 Å². The number of hydrogen-bond donors (Lipinski definition) is 3. The number of fused-ring (bicyclic) bond motifs is 4. The Kier molecular flexibility index (Phi) is 5.40. The Hall–Kier alpha value is -3.72. The van der Waals surface area contributed by atoms with Crippen molar-refractivity contribution in [1.82, 2.24) is 10.2 Å². The van der Waals surface area contributed by atoms with Crippen molar-refractivity contribution in [1.29, 1.82) is 0 Å². The maximum absolute atomic E-state index is 13.9. The van der Waals surface area contributed by atoms with Crippen molar-refractivity contribution in [3.63, 3.8) is 0 Å². The fourth-order valence-corrected chi connectivity index (χ4v) is 6.02. The molecule has 4 amide bonds. The number of primary amides is 1. The smallest absolute Gasteiger partial charge is 0.250 e. The Morgan fingerprint density at radius 2 is 1.89 bits per heavy atom. The minimum atomic E-state index is -1.40. The number of nitrogens with two attached hydrogens (primary N) is 1. The molecule has 3 aliphatic heterocycles. The first-order valence-electron chi connectivity index (χ1n) is 11.6. The molecular weight excluding hydrogens is 448 g/mol. The molecule has 0 aliphatic carbocycles. The van der Waals surface area contributed by atoms with Gasteiger partial charge < -0.3 is 15.8 Å². The van der Waals surface area contributed by atoms with Crippen molar-refractivity contribution >= 4 is 29.3 Å². The van der Waals surface area contributed by atoms with E-state index in [0.29, 0.717) is 22.6 Å². The first-order chi connectivity index (χ1) is 16.7. The van der Waals surface area contributed by atoms with E-state index in [-0.39, 0.29) is 31.2 Å². The van der Waals surface area contributed by atoms with Crippen LogP contribution in [0.4, 0.5) is 5.69 Å². The molecule has 0 saturated carbocycles. The van der Waals surface area contributed by atoms with Gasteiger partial charge in [-0.3, -0.25) is 29.4 Å². The Bertz CT molecular complexity index is 1270.